The normalized spacial score (nSPS) is 14.6. The minimum absolute atomic E-state index is 0.202. The first-order chi connectivity index (χ1) is 22.8. The zero-order valence-corrected chi connectivity index (χ0v) is 27.4. The Bertz CT molecular complexity index is 2320. The van der Waals surface area contributed by atoms with E-state index in [2.05, 4.69) is 66.1 Å². The van der Waals surface area contributed by atoms with Gasteiger partial charge in [0.25, 0.3) is 5.56 Å². The molecule has 47 heavy (non-hydrogen) atoms. The van der Waals surface area contributed by atoms with Gasteiger partial charge in [-0.25, -0.2) is 9.79 Å². The van der Waals surface area contributed by atoms with Gasteiger partial charge in [-0.2, -0.15) is 0 Å². The monoisotopic (exact) mass is 639 g/mol. The molecule has 0 saturated heterocycles. The molecule has 3 aromatic carbocycles. The van der Waals surface area contributed by atoms with Gasteiger partial charge in [-0.1, -0.05) is 89.7 Å². The Morgan fingerprint density at radius 1 is 0.915 bits per heavy atom. The maximum absolute atomic E-state index is 14.4. The molecular weight excluding hydrogens is 607 g/mol. The average Bonchev–Trinajstić information content (AvgIpc) is 3.77. The van der Waals surface area contributed by atoms with Crippen molar-refractivity contribution in [2.75, 3.05) is 6.61 Å². The summed E-state index contributed by atoms with van der Waals surface area (Å²) in [5, 5.41) is 0. The zero-order chi connectivity index (χ0) is 32.7. The van der Waals surface area contributed by atoms with Crippen LogP contribution in [0.5, 0.6) is 0 Å². The number of carbonyl (C=O) groups is 1. The number of ether oxygens (including phenoxy) is 1. The van der Waals surface area contributed by atoms with Crippen LogP contribution in [0, 0.1) is 13.8 Å². The van der Waals surface area contributed by atoms with Crippen LogP contribution in [-0.4, -0.2) is 21.7 Å². The fourth-order valence-electron chi connectivity index (χ4n) is 6.12. The van der Waals surface area contributed by atoms with E-state index in [9.17, 15) is 9.59 Å². The number of furan rings is 1. The van der Waals surface area contributed by atoms with E-state index < -0.39 is 12.0 Å². The van der Waals surface area contributed by atoms with E-state index in [1.54, 1.807) is 24.5 Å². The second kappa shape index (κ2) is 12.4. The Morgan fingerprint density at radius 3 is 2.23 bits per heavy atom. The number of allylic oxidation sites excluding steroid dienone is 1. The number of hydrogen-bond donors (Lipinski definition) is 0. The summed E-state index contributed by atoms with van der Waals surface area (Å²) in [6.07, 6.45) is 1.94. The van der Waals surface area contributed by atoms with E-state index in [4.69, 9.17) is 14.1 Å². The van der Waals surface area contributed by atoms with E-state index in [0.717, 1.165) is 33.8 Å². The van der Waals surface area contributed by atoms with E-state index in [1.165, 1.54) is 16.9 Å². The fourth-order valence-corrected chi connectivity index (χ4v) is 7.15. The molecule has 234 valence electrons. The summed E-state index contributed by atoms with van der Waals surface area (Å²) >= 11 is 1.30. The number of benzene rings is 3. The molecule has 0 unspecified atom stereocenters. The molecule has 0 saturated carbocycles. The van der Waals surface area contributed by atoms with Gasteiger partial charge >= 0.3 is 5.97 Å². The second-order valence-corrected chi connectivity index (χ2v) is 12.5. The minimum Gasteiger partial charge on any atom is -0.464 e. The first-order valence-electron chi connectivity index (χ1n) is 15.5. The van der Waals surface area contributed by atoms with Gasteiger partial charge in [-0.15, -0.1) is 0 Å². The Morgan fingerprint density at radius 2 is 1.60 bits per heavy atom. The van der Waals surface area contributed by atoms with Crippen LogP contribution in [0.1, 0.15) is 42.5 Å². The lowest BCUT2D eigenvalue weighted by molar-refractivity contribution is -0.139. The molecule has 0 bridgehead atoms. The average molecular weight is 640 g/mol. The Kier molecular flexibility index (Phi) is 7.95. The predicted octanol–water partition coefficient (Wildman–Crippen LogP) is 7.13. The number of aryl methyl sites for hydroxylation is 2. The van der Waals surface area contributed by atoms with Crippen molar-refractivity contribution in [1.29, 1.82) is 0 Å². The van der Waals surface area contributed by atoms with Crippen molar-refractivity contribution < 1.29 is 13.9 Å². The quantitative estimate of drug-likeness (QED) is 0.174. The molecule has 8 heteroatoms. The van der Waals surface area contributed by atoms with Gasteiger partial charge in [-0.3, -0.25) is 9.36 Å². The maximum atomic E-state index is 14.4. The summed E-state index contributed by atoms with van der Waals surface area (Å²) < 4.78 is 15.7. The highest BCUT2D eigenvalue weighted by Crippen LogP contribution is 2.37. The summed E-state index contributed by atoms with van der Waals surface area (Å²) in [6, 6.07) is 33.9. The molecule has 0 spiro atoms. The molecular formula is C39H33N3O4S. The number of rotatable bonds is 7. The lowest BCUT2D eigenvalue weighted by atomic mass is 10.0. The first kappa shape index (κ1) is 30.2. The topological polar surface area (TPSA) is 78.7 Å². The Balaban J connectivity index is 1.51. The van der Waals surface area contributed by atoms with Gasteiger partial charge in [-0.05, 0) is 75.2 Å². The smallest absolute Gasteiger partial charge is 0.338 e. The first-order valence-corrected chi connectivity index (χ1v) is 16.4. The van der Waals surface area contributed by atoms with Crippen molar-refractivity contribution in [3.63, 3.8) is 0 Å². The molecule has 7 rings (SSSR count). The van der Waals surface area contributed by atoms with Crippen LogP contribution in [0.3, 0.4) is 0 Å². The van der Waals surface area contributed by atoms with Crippen LogP contribution in [0.2, 0.25) is 0 Å². The van der Waals surface area contributed by atoms with Gasteiger partial charge in [0.1, 0.15) is 17.6 Å². The maximum Gasteiger partial charge on any atom is 0.338 e. The molecule has 1 atom stereocenters. The number of hydrogen-bond acceptors (Lipinski definition) is 6. The molecule has 1 aliphatic rings. The second-order valence-electron chi connectivity index (χ2n) is 11.5. The van der Waals surface area contributed by atoms with Crippen molar-refractivity contribution in [3.05, 3.63) is 157 Å². The number of esters is 1. The third-order valence-electron chi connectivity index (χ3n) is 8.27. The number of aromatic nitrogens is 2. The van der Waals surface area contributed by atoms with Crippen molar-refractivity contribution in [2.24, 2.45) is 4.99 Å². The molecule has 4 heterocycles. The van der Waals surface area contributed by atoms with Crippen molar-refractivity contribution in [3.8, 4) is 28.2 Å². The SMILES string of the molecule is CCOC(=O)C1=C(C)N=c2s/c(=C/c3cc(-c4ccccc4)n(-c4ccc(C)cc4)c3-c3ccccc3)c(=O)n2[C@H]1c1ccc(C)o1. The molecule has 7 nitrogen and oxygen atoms in total. The van der Waals surface area contributed by atoms with Crippen LogP contribution < -0.4 is 14.9 Å². The summed E-state index contributed by atoms with van der Waals surface area (Å²) in [5.41, 5.74) is 7.61. The van der Waals surface area contributed by atoms with Gasteiger partial charge in [0.15, 0.2) is 4.80 Å². The zero-order valence-electron chi connectivity index (χ0n) is 26.6. The predicted molar refractivity (Wildman–Crippen MR) is 185 cm³/mol. The van der Waals surface area contributed by atoms with E-state index >= 15 is 0 Å². The largest absolute Gasteiger partial charge is 0.464 e. The summed E-state index contributed by atoms with van der Waals surface area (Å²) in [7, 11) is 0. The number of thiazole rings is 1. The molecule has 1 aliphatic heterocycles. The van der Waals surface area contributed by atoms with E-state index in [-0.39, 0.29) is 12.2 Å². The van der Waals surface area contributed by atoms with Crippen LogP contribution in [0.4, 0.5) is 0 Å². The third kappa shape index (κ3) is 5.51. The highest BCUT2D eigenvalue weighted by molar-refractivity contribution is 7.07. The van der Waals surface area contributed by atoms with Gasteiger partial charge in [0.05, 0.1) is 33.8 Å². The Labute approximate surface area is 276 Å². The fraction of sp³-hybridized carbons (Fsp3) is 0.154. The van der Waals surface area contributed by atoms with Crippen LogP contribution in [-0.2, 0) is 9.53 Å². The minimum atomic E-state index is -0.799. The molecule has 0 N–H and O–H groups in total. The van der Waals surface area contributed by atoms with Crippen molar-refractivity contribution in [2.45, 2.75) is 33.7 Å². The molecule has 0 amide bonds. The molecule has 0 radical (unpaired) electrons. The molecule has 0 aliphatic carbocycles. The molecule has 0 fully saturated rings. The van der Waals surface area contributed by atoms with E-state index in [0.29, 0.717) is 32.1 Å². The summed E-state index contributed by atoms with van der Waals surface area (Å²) in [4.78, 5) is 32.9. The van der Waals surface area contributed by atoms with Gasteiger partial charge in [0, 0.05) is 11.3 Å². The third-order valence-corrected chi connectivity index (χ3v) is 9.26. The molecule has 3 aromatic heterocycles. The van der Waals surface area contributed by atoms with Crippen LogP contribution >= 0.6 is 11.3 Å². The van der Waals surface area contributed by atoms with Crippen LogP contribution in [0.25, 0.3) is 34.3 Å². The molecule has 6 aromatic rings. The summed E-state index contributed by atoms with van der Waals surface area (Å²) in [5.74, 6) is 0.642. The van der Waals surface area contributed by atoms with E-state index in [1.807, 2.05) is 55.5 Å². The van der Waals surface area contributed by atoms with Gasteiger partial charge < -0.3 is 13.7 Å². The van der Waals surface area contributed by atoms with Gasteiger partial charge in [0.2, 0.25) is 0 Å². The van der Waals surface area contributed by atoms with Crippen molar-refractivity contribution >= 4 is 23.4 Å². The Hall–Kier alpha value is -5.47. The standard InChI is InChI=1S/C39H33N3O4S/c1-5-45-38(44)34-26(4)40-39-42(36(34)32-21-18-25(3)46-32)37(43)33(47-39)23-29-22-31(27-12-8-6-9-13-27)41(30-19-16-24(2)17-20-30)35(29)28-14-10-7-11-15-28/h6-23,36H,5H2,1-4H3/b33-23+/t36-/m0/s1. The van der Waals surface area contributed by atoms with Crippen molar-refractivity contribution in [1.82, 2.24) is 9.13 Å². The highest BCUT2D eigenvalue weighted by atomic mass is 32.1. The highest BCUT2D eigenvalue weighted by Gasteiger charge is 2.35. The number of carbonyl (C=O) groups excluding carboxylic acids is 1. The lowest BCUT2D eigenvalue weighted by Gasteiger charge is -2.22. The van der Waals surface area contributed by atoms with Crippen LogP contribution in [0.15, 0.2) is 129 Å². The lowest BCUT2D eigenvalue weighted by Crippen LogP contribution is -2.39. The summed E-state index contributed by atoms with van der Waals surface area (Å²) in [6.45, 7) is 7.64. The number of fused-ring (bicyclic) bond motifs is 1. The number of nitrogens with zero attached hydrogens (tertiary/aromatic N) is 3.